The Bertz CT molecular complexity index is 567. The summed E-state index contributed by atoms with van der Waals surface area (Å²) in [6.45, 7) is 2.12. The molecule has 0 saturated carbocycles. The average molecular weight is 257 g/mol. The van der Waals surface area contributed by atoms with Crippen LogP contribution in [0.2, 0.25) is 0 Å². The molecule has 0 aliphatic rings. The topological polar surface area (TPSA) is 48.4 Å². The van der Waals surface area contributed by atoms with Crippen molar-refractivity contribution in [3.8, 4) is 16.9 Å². The summed E-state index contributed by atoms with van der Waals surface area (Å²) < 4.78 is 10.2. The highest BCUT2D eigenvalue weighted by Crippen LogP contribution is 2.27. The molecule has 1 aromatic carbocycles. The quantitative estimate of drug-likeness (QED) is 0.790. The molecule has 4 nitrogen and oxygen atoms in total. The molecule has 1 heterocycles. The van der Waals surface area contributed by atoms with E-state index in [2.05, 4.69) is 4.98 Å². The molecule has 0 N–H and O–H groups in total. The van der Waals surface area contributed by atoms with Crippen molar-refractivity contribution in [1.29, 1.82) is 0 Å². The summed E-state index contributed by atoms with van der Waals surface area (Å²) in [7, 11) is 1.57. The Morgan fingerprint density at radius 1 is 1.21 bits per heavy atom. The van der Waals surface area contributed by atoms with Gasteiger partial charge in [-0.05, 0) is 48.4 Å². The molecule has 2 rings (SSSR count). The molecule has 0 bridgehead atoms. The maximum absolute atomic E-state index is 12.0. The number of methoxy groups -OCH3 is 1. The van der Waals surface area contributed by atoms with Gasteiger partial charge in [0.15, 0.2) is 0 Å². The number of carbonyl (C=O) groups excluding carboxylic acids is 1. The van der Waals surface area contributed by atoms with E-state index in [4.69, 9.17) is 9.47 Å². The van der Waals surface area contributed by atoms with Gasteiger partial charge in [0.25, 0.3) is 0 Å². The van der Waals surface area contributed by atoms with Crippen LogP contribution in [0.5, 0.6) is 5.75 Å². The Labute approximate surface area is 112 Å². The molecular formula is C15H15NO3. The highest BCUT2D eigenvalue weighted by atomic mass is 16.5. The van der Waals surface area contributed by atoms with Crippen LogP contribution in [0.3, 0.4) is 0 Å². The number of ether oxygens (including phenoxy) is 2. The van der Waals surface area contributed by atoms with Gasteiger partial charge in [0.1, 0.15) is 5.75 Å². The Morgan fingerprint density at radius 2 is 1.95 bits per heavy atom. The molecule has 0 saturated heterocycles. The second-order valence-corrected chi connectivity index (χ2v) is 3.87. The van der Waals surface area contributed by atoms with Crippen LogP contribution in [-0.4, -0.2) is 24.7 Å². The molecule has 0 amide bonds. The summed E-state index contributed by atoms with van der Waals surface area (Å²) >= 11 is 0. The number of hydrogen-bond acceptors (Lipinski definition) is 4. The van der Waals surface area contributed by atoms with Crippen LogP contribution >= 0.6 is 0 Å². The molecule has 0 atom stereocenters. The SMILES string of the molecule is CCOC(=O)c1cc(OC)ccc1-c1ccncc1. The molecule has 98 valence electrons. The number of pyridine rings is 1. The lowest BCUT2D eigenvalue weighted by Gasteiger charge is -2.10. The first-order chi connectivity index (χ1) is 9.26. The fraction of sp³-hybridized carbons (Fsp3) is 0.200. The first-order valence-corrected chi connectivity index (χ1v) is 6.01. The van der Waals surface area contributed by atoms with E-state index in [0.29, 0.717) is 17.9 Å². The van der Waals surface area contributed by atoms with Gasteiger partial charge in [-0.1, -0.05) is 0 Å². The molecule has 0 spiro atoms. The number of nitrogens with zero attached hydrogens (tertiary/aromatic N) is 1. The molecule has 0 aliphatic heterocycles. The molecule has 0 unspecified atom stereocenters. The summed E-state index contributed by atoms with van der Waals surface area (Å²) in [6, 6.07) is 9.06. The van der Waals surface area contributed by atoms with Gasteiger partial charge in [-0.2, -0.15) is 0 Å². The van der Waals surface area contributed by atoms with E-state index in [9.17, 15) is 4.79 Å². The third-order valence-corrected chi connectivity index (χ3v) is 2.71. The van der Waals surface area contributed by atoms with Gasteiger partial charge in [0.2, 0.25) is 0 Å². The van der Waals surface area contributed by atoms with E-state index in [1.54, 1.807) is 32.5 Å². The van der Waals surface area contributed by atoms with Crippen molar-refractivity contribution in [3.63, 3.8) is 0 Å². The molecule has 1 aromatic heterocycles. The minimum atomic E-state index is -0.354. The summed E-state index contributed by atoms with van der Waals surface area (Å²) in [5.41, 5.74) is 2.22. The highest BCUT2D eigenvalue weighted by Gasteiger charge is 2.15. The van der Waals surface area contributed by atoms with Gasteiger partial charge >= 0.3 is 5.97 Å². The second kappa shape index (κ2) is 6.00. The lowest BCUT2D eigenvalue weighted by Crippen LogP contribution is -2.07. The van der Waals surface area contributed by atoms with Crippen molar-refractivity contribution in [3.05, 3.63) is 48.3 Å². The van der Waals surface area contributed by atoms with Gasteiger partial charge in [0, 0.05) is 12.4 Å². The third kappa shape index (κ3) is 2.91. The van der Waals surface area contributed by atoms with Gasteiger partial charge < -0.3 is 9.47 Å². The molecule has 2 aromatic rings. The smallest absolute Gasteiger partial charge is 0.338 e. The minimum absolute atomic E-state index is 0.339. The van der Waals surface area contributed by atoms with Gasteiger partial charge in [-0.3, -0.25) is 4.98 Å². The monoisotopic (exact) mass is 257 g/mol. The minimum Gasteiger partial charge on any atom is -0.497 e. The Hall–Kier alpha value is -2.36. The molecular weight excluding hydrogens is 242 g/mol. The van der Waals surface area contributed by atoms with Crippen LogP contribution in [0.25, 0.3) is 11.1 Å². The summed E-state index contributed by atoms with van der Waals surface area (Å²) in [5.74, 6) is 0.272. The highest BCUT2D eigenvalue weighted by molar-refractivity contribution is 5.97. The number of hydrogen-bond donors (Lipinski definition) is 0. The number of carbonyl (C=O) groups is 1. The summed E-state index contributed by atoms with van der Waals surface area (Å²) in [6.07, 6.45) is 3.38. The van der Waals surface area contributed by atoms with Crippen molar-refractivity contribution in [2.75, 3.05) is 13.7 Å². The van der Waals surface area contributed by atoms with Crippen molar-refractivity contribution >= 4 is 5.97 Å². The van der Waals surface area contributed by atoms with E-state index < -0.39 is 0 Å². The van der Waals surface area contributed by atoms with Crippen LogP contribution in [0, 0.1) is 0 Å². The van der Waals surface area contributed by atoms with Crippen LogP contribution < -0.4 is 4.74 Å². The number of esters is 1. The van der Waals surface area contributed by atoms with Crippen molar-refractivity contribution < 1.29 is 14.3 Å². The van der Waals surface area contributed by atoms with E-state index in [1.165, 1.54) is 0 Å². The average Bonchev–Trinajstić information content (AvgIpc) is 2.47. The van der Waals surface area contributed by atoms with Crippen molar-refractivity contribution in [2.45, 2.75) is 6.92 Å². The Balaban J connectivity index is 2.51. The fourth-order valence-corrected chi connectivity index (χ4v) is 1.81. The molecule has 4 heteroatoms. The van der Waals surface area contributed by atoms with E-state index in [0.717, 1.165) is 11.1 Å². The first kappa shape index (κ1) is 13.1. The van der Waals surface area contributed by atoms with E-state index in [1.807, 2.05) is 24.3 Å². The van der Waals surface area contributed by atoms with Gasteiger partial charge in [0.05, 0.1) is 19.3 Å². The Morgan fingerprint density at radius 3 is 2.58 bits per heavy atom. The molecule has 0 fully saturated rings. The van der Waals surface area contributed by atoms with E-state index >= 15 is 0 Å². The zero-order valence-corrected chi connectivity index (χ0v) is 10.9. The number of benzene rings is 1. The third-order valence-electron chi connectivity index (χ3n) is 2.71. The van der Waals surface area contributed by atoms with Crippen LogP contribution in [0.1, 0.15) is 17.3 Å². The Kier molecular flexibility index (Phi) is 4.13. The van der Waals surface area contributed by atoms with Crippen LogP contribution in [-0.2, 0) is 4.74 Å². The lowest BCUT2D eigenvalue weighted by atomic mass is 10.0. The molecule has 0 radical (unpaired) electrons. The van der Waals surface area contributed by atoms with Gasteiger partial charge in [-0.25, -0.2) is 4.79 Å². The number of aromatic nitrogens is 1. The van der Waals surface area contributed by atoms with Crippen LogP contribution in [0.4, 0.5) is 0 Å². The zero-order valence-electron chi connectivity index (χ0n) is 10.9. The predicted molar refractivity (Wildman–Crippen MR) is 72.2 cm³/mol. The zero-order chi connectivity index (χ0) is 13.7. The molecule has 0 aliphatic carbocycles. The van der Waals surface area contributed by atoms with Crippen LogP contribution in [0.15, 0.2) is 42.7 Å². The van der Waals surface area contributed by atoms with Gasteiger partial charge in [-0.15, -0.1) is 0 Å². The fourth-order valence-electron chi connectivity index (χ4n) is 1.81. The first-order valence-electron chi connectivity index (χ1n) is 6.01. The standard InChI is InChI=1S/C15H15NO3/c1-3-19-15(17)14-10-12(18-2)4-5-13(14)11-6-8-16-9-7-11/h4-10H,3H2,1-2H3. The lowest BCUT2D eigenvalue weighted by molar-refractivity contribution is 0.0527. The van der Waals surface area contributed by atoms with Crippen molar-refractivity contribution in [2.24, 2.45) is 0 Å². The maximum Gasteiger partial charge on any atom is 0.338 e. The molecule has 19 heavy (non-hydrogen) atoms. The van der Waals surface area contributed by atoms with Crippen molar-refractivity contribution in [1.82, 2.24) is 4.98 Å². The summed E-state index contributed by atoms with van der Waals surface area (Å²) in [4.78, 5) is 16.0. The predicted octanol–water partition coefficient (Wildman–Crippen LogP) is 2.93. The maximum atomic E-state index is 12.0. The summed E-state index contributed by atoms with van der Waals surface area (Å²) in [5, 5.41) is 0. The normalized spacial score (nSPS) is 10.0. The second-order valence-electron chi connectivity index (χ2n) is 3.87. The largest absolute Gasteiger partial charge is 0.497 e. The van der Waals surface area contributed by atoms with E-state index in [-0.39, 0.29) is 5.97 Å². The number of rotatable bonds is 4.